The second kappa shape index (κ2) is 11.3. The average molecular weight is 466 g/mol. The highest BCUT2D eigenvalue weighted by molar-refractivity contribution is 7.92. The summed E-state index contributed by atoms with van der Waals surface area (Å²) in [5.41, 5.74) is 0.786. The third-order valence-corrected chi connectivity index (χ3v) is 5.76. The first-order valence-corrected chi connectivity index (χ1v) is 11.7. The third-order valence-electron chi connectivity index (χ3n) is 4.58. The van der Waals surface area contributed by atoms with Gasteiger partial charge < -0.3 is 14.8 Å². The minimum Gasteiger partial charge on any atom is -0.495 e. The van der Waals surface area contributed by atoms with Crippen molar-refractivity contribution in [3.8, 4) is 11.5 Å². The van der Waals surface area contributed by atoms with Crippen molar-refractivity contribution < 1.29 is 27.6 Å². The molecule has 0 aromatic heterocycles. The van der Waals surface area contributed by atoms with E-state index in [0.29, 0.717) is 13.2 Å². The van der Waals surface area contributed by atoms with Crippen LogP contribution in [0.3, 0.4) is 0 Å². The molecule has 174 valence electrons. The lowest BCUT2D eigenvalue weighted by atomic mass is 10.2. The van der Waals surface area contributed by atoms with Crippen molar-refractivity contribution in [1.82, 2.24) is 5.32 Å². The molecule has 0 spiro atoms. The van der Waals surface area contributed by atoms with Crippen molar-refractivity contribution in [1.29, 1.82) is 0 Å². The zero-order valence-corrected chi connectivity index (χ0v) is 19.1. The van der Waals surface area contributed by atoms with Crippen LogP contribution in [0.5, 0.6) is 11.5 Å². The predicted octanol–water partition coefficient (Wildman–Crippen LogP) is 2.65. The van der Waals surface area contributed by atoms with Crippen LogP contribution in [0, 0.1) is 17.0 Å². The molecule has 1 N–H and O–H groups in total. The lowest BCUT2D eigenvalue weighted by Crippen LogP contribution is -2.33. The standard InChI is InChI=1S/C21H27N3O7S/c1-16-7-4-5-8-19(16)31-14-12-22-21(25)9-6-13-23(32(3,28)29)18-15-17(24(26)27)10-11-20(18)30-2/h4-5,7-8,10-11,15H,6,9,12-14H2,1-3H3,(H,22,25). The molecule has 10 nitrogen and oxygen atoms in total. The molecule has 32 heavy (non-hydrogen) atoms. The Labute approximate surface area is 187 Å². The van der Waals surface area contributed by atoms with Gasteiger partial charge in [-0.15, -0.1) is 0 Å². The molecule has 0 atom stereocenters. The maximum absolute atomic E-state index is 12.3. The van der Waals surface area contributed by atoms with Crippen molar-refractivity contribution in [2.45, 2.75) is 19.8 Å². The molecule has 0 aliphatic carbocycles. The largest absolute Gasteiger partial charge is 0.495 e. The summed E-state index contributed by atoms with van der Waals surface area (Å²) in [6, 6.07) is 11.3. The highest BCUT2D eigenvalue weighted by atomic mass is 32.2. The van der Waals surface area contributed by atoms with Crippen LogP contribution in [-0.4, -0.2) is 52.3 Å². The number of benzene rings is 2. The Balaban J connectivity index is 1.92. The predicted molar refractivity (Wildman–Crippen MR) is 121 cm³/mol. The molecular formula is C21H27N3O7S. The number of para-hydroxylation sites is 1. The minimum absolute atomic E-state index is 0.0382. The SMILES string of the molecule is COc1ccc([N+](=O)[O-])cc1N(CCCC(=O)NCCOc1ccccc1C)S(C)(=O)=O. The lowest BCUT2D eigenvalue weighted by molar-refractivity contribution is -0.384. The van der Waals surface area contributed by atoms with Crippen LogP contribution in [0.25, 0.3) is 0 Å². The number of sulfonamides is 1. The number of non-ortho nitro benzene ring substituents is 1. The molecule has 0 saturated heterocycles. The Morgan fingerprint density at radius 2 is 1.91 bits per heavy atom. The van der Waals surface area contributed by atoms with Crippen molar-refractivity contribution >= 4 is 27.3 Å². The van der Waals surface area contributed by atoms with Gasteiger partial charge in [0.15, 0.2) is 0 Å². The number of methoxy groups -OCH3 is 1. The van der Waals surface area contributed by atoms with E-state index in [0.717, 1.165) is 27.9 Å². The molecule has 2 aromatic carbocycles. The van der Waals surface area contributed by atoms with E-state index in [4.69, 9.17) is 9.47 Å². The van der Waals surface area contributed by atoms with Crippen LogP contribution >= 0.6 is 0 Å². The van der Waals surface area contributed by atoms with E-state index in [1.165, 1.54) is 19.2 Å². The maximum Gasteiger partial charge on any atom is 0.271 e. The molecule has 0 saturated carbocycles. The van der Waals surface area contributed by atoms with Crippen LogP contribution in [-0.2, 0) is 14.8 Å². The number of ether oxygens (including phenoxy) is 2. The molecule has 1 amide bonds. The number of nitro benzene ring substituents is 1. The van der Waals surface area contributed by atoms with Gasteiger partial charge >= 0.3 is 0 Å². The molecule has 0 heterocycles. The van der Waals surface area contributed by atoms with Gasteiger partial charge in [-0.3, -0.25) is 19.2 Å². The zero-order valence-electron chi connectivity index (χ0n) is 18.2. The third kappa shape index (κ3) is 7.12. The number of anilines is 1. The minimum atomic E-state index is -3.77. The molecule has 0 radical (unpaired) electrons. The number of hydrogen-bond acceptors (Lipinski definition) is 7. The molecule has 0 aliphatic heterocycles. The number of amides is 1. The topological polar surface area (TPSA) is 128 Å². The Bertz CT molecular complexity index is 1060. The van der Waals surface area contributed by atoms with Crippen molar-refractivity contribution in [3.63, 3.8) is 0 Å². The Morgan fingerprint density at radius 1 is 1.19 bits per heavy atom. The Kier molecular flexibility index (Phi) is 8.82. The van der Waals surface area contributed by atoms with Gasteiger partial charge in [0.2, 0.25) is 15.9 Å². The number of nitrogens with zero attached hydrogens (tertiary/aromatic N) is 2. The molecular weight excluding hydrogens is 438 g/mol. The van der Waals surface area contributed by atoms with Gasteiger partial charge in [-0.1, -0.05) is 18.2 Å². The van der Waals surface area contributed by atoms with Crippen LogP contribution in [0.2, 0.25) is 0 Å². The van der Waals surface area contributed by atoms with Crippen LogP contribution in [0.1, 0.15) is 18.4 Å². The van der Waals surface area contributed by atoms with Crippen molar-refractivity contribution in [3.05, 3.63) is 58.1 Å². The van der Waals surface area contributed by atoms with Gasteiger partial charge in [0, 0.05) is 25.1 Å². The lowest BCUT2D eigenvalue weighted by Gasteiger charge is -2.24. The maximum atomic E-state index is 12.3. The number of carbonyl (C=O) groups is 1. The van der Waals surface area contributed by atoms with Gasteiger partial charge in [0.1, 0.15) is 23.8 Å². The number of carbonyl (C=O) groups excluding carboxylic acids is 1. The van der Waals surface area contributed by atoms with Crippen molar-refractivity contribution in [2.75, 3.05) is 37.4 Å². The molecule has 2 aromatic rings. The quantitative estimate of drug-likeness (QED) is 0.290. The van der Waals surface area contributed by atoms with E-state index in [9.17, 15) is 23.3 Å². The first-order valence-electron chi connectivity index (χ1n) is 9.88. The monoisotopic (exact) mass is 465 g/mol. The zero-order chi connectivity index (χ0) is 23.7. The fourth-order valence-corrected chi connectivity index (χ4v) is 3.95. The molecule has 0 aliphatic rings. The van der Waals surface area contributed by atoms with E-state index in [1.54, 1.807) is 0 Å². The summed E-state index contributed by atoms with van der Waals surface area (Å²) in [6.07, 6.45) is 1.28. The van der Waals surface area contributed by atoms with E-state index >= 15 is 0 Å². The number of hydrogen-bond donors (Lipinski definition) is 1. The molecule has 0 fully saturated rings. The number of nitro groups is 1. The number of rotatable bonds is 12. The van der Waals surface area contributed by atoms with Crippen LogP contribution in [0.4, 0.5) is 11.4 Å². The average Bonchev–Trinajstić information content (AvgIpc) is 2.74. The molecule has 2 rings (SSSR count). The number of aryl methyl sites for hydroxylation is 1. The molecule has 0 unspecified atom stereocenters. The van der Waals surface area contributed by atoms with Gasteiger partial charge in [-0.05, 0) is 31.0 Å². The van der Waals surface area contributed by atoms with E-state index in [2.05, 4.69) is 5.32 Å². The van der Waals surface area contributed by atoms with E-state index in [-0.39, 0.29) is 42.4 Å². The fraction of sp³-hybridized carbons (Fsp3) is 0.381. The summed E-state index contributed by atoms with van der Waals surface area (Å²) < 4.78 is 36.4. The summed E-state index contributed by atoms with van der Waals surface area (Å²) in [7, 11) is -2.42. The Hall–Kier alpha value is -3.34. The highest BCUT2D eigenvalue weighted by Crippen LogP contribution is 2.33. The van der Waals surface area contributed by atoms with Crippen LogP contribution in [0.15, 0.2) is 42.5 Å². The Morgan fingerprint density at radius 3 is 2.53 bits per heavy atom. The highest BCUT2D eigenvalue weighted by Gasteiger charge is 2.24. The summed E-state index contributed by atoms with van der Waals surface area (Å²) in [5.74, 6) is 0.674. The molecule has 0 bridgehead atoms. The summed E-state index contributed by atoms with van der Waals surface area (Å²) >= 11 is 0. The molecule has 11 heteroatoms. The van der Waals surface area contributed by atoms with Gasteiger partial charge in [-0.2, -0.15) is 0 Å². The van der Waals surface area contributed by atoms with E-state index < -0.39 is 14.9 Å². The first kappa shape index (κ1) is 24.9. The summed E-state index contributed by atoms with van der Waals surface area (Å²) in [6.45, 7) is 2.50. The normalized spacial score (nSPS) is 11.0. The number of nitrogens with one attached hydrogen (secondary N) is 1. The fourth-order valence-electron chi connectivity index (χ4n) is 2.99. The summed E-state index contributed by atoms with van der Waals surface area (Å²) in [5, 5.41) is 13.8. The first-order chi connectivity index (χ1) is 15.1. The summed E-state index contributed by atoms with van der Waals surface area (Å²) in [4.78, 5) is 22.6. The van der Waals surface area contributed by atoms with Gasteiger partial charge in [0.05, 0.1) is 24.8 Å². The second-order valence-corrected chi connectivity index (χ2v) is 8.92. The van der Waals surface area contributed by atoms with Gasteiger partial charge in [-0.25, -0.2) is 8.42 Å². The van der Waals surface area contributed by atoms with Crippen molar-refractivity contribution in [2.24, 2.45) is 0 Å². The smallest absolute Gasteiger partial charge is 0.271 e. The van der Waals surface area contributed by atoms with E-state index in [1.807, 2.05) is 31.2 Å². The van der Waals surface area contributed by atoms with Crippen LogP contribution < -0.4 is 19.1 Å². The van der Waals surface area contributed by atoms with Gasteiger partial charge in [0.25, 0.3) is 5.69 Å². The second-order valence-electron chi connectivity index (χ2n) is 7.02.